The molecule has 0 aliphatic carbocycles. The van der Waals surface area contributed by atoms with Crippen molar-refractivity contribution in [2.75, 3.05) is 14.2 Å². The summed E-state index contributed by atoms with van der Waals surface area (Å²) in [5.41, 5.74) is 7.69. The highest BCUT2D eigenvalue weighted by molar-refractivity contribution is 7.13. The van der Waals surface area contributed by atoms with Gasteiger partial charge in [0.2, 0.25) is 5.91 Å². The number of hydrogen-bond donors (Lipinski definition) is 2. The molecular formula is C21H21N3O4S. The van der Waals surface area contributed by atoms with Gasteiger partial charge in [0, 0.05) is 16.5 Å². The molecule has 0 saturated heterocycles. The van der Waals surface area contributed by atoms with Crippen LogP contribution in [0.1, 0.15) is 21.6 Å². The zero-order valence-corrected chi connectivity index (χ0v) is 17.1. The van der Waals surface area contributed by atoms with Gasteiger partial charge >= 0.3 is 0 Å². The molecule has 0 bridgehead atoms. The molecule has 0 aliphatic rings. The molecule has 7 nitrogen and oxygen atoms in total. The second-order valence-corrected chi connectivity index (χ2v) is 7.07. The molecule has 0 radical (unpaired) electrons. The number of aromatic nitrogens is 1. The predicted molar refractivity (Wildman–Crippen MR) is 111 cm³/mol. The zero-order valence-electron chi connectivity index (χ0n) is 16.3. The number of nitrogens with zero attached hydrogens (tertiary/aromatic N) is 1. The van der Waals surface area contributed by atoms with Crippen LogP contribution < -0.4 is 20.3 Å². The van der Waals surface area contributed by atoms with Gasteiger partial charge in [-0.25, -0.2) is 4.98 Å². The highest BCUT2D eigenvalue weighted by atomic mass is 32.1. The van der Waals surface area contributed by atoms with Crippen molar-refractivity contribution in [1.29, 1.82) is 0 Å². The lowest BCUT2D eigenvalue weighted by molar-refractivity contribution is -0.121. The van der Waals surface area contributed by atoms with Gasteiger partial charge < -0.3 is 9.47 Å². The largest absolute Gasteiger partial charge is 0.493 e. The number of ether oxygens (including phenoxy) is 2. The van der Waals surface area contributed by atoms with Crippen LogP contribution in [0.5, 0.6) is 11.5 Å². The summed E-state index contributed by atoms with van der Waals surface area (Å²) < 4.78 is 10.6. The molecule has 3 rings (SSSR count). The summed E-state index contributed by atoms with van der Waals surface area (Å²) in [7, 11) is 3.15. The number of carbonyl (C=O) groups is 2. The Morgan fingerprint density at radius 2 is 1.79 bits per heavy atom. The highest BCUT2D eigenvalue weighted by Crippen LogP contribution is 2.33. The molecule has 2 amide bonds. The Balaban J connectivity index is 1.61. The average Bonchev–Trinajstić information content (AvgIpc) is 3.20. The third-order valence-corrected chi connectivity index (χ3v) is 5.17. The minimum Gasteiger partial charge on any atom is -0.493 e. The molecule has 0 aliphatic heterocycles. The van der Waals surface area contributed by atoms with Crippen LogP contribution in [0, 0.1) is 6.92 Å². The quantitative estimate of drug-likeness (QED) is 0.609. The molecule has 1 aromatic heterocycles. The lowest BCUT2D eigenvalue weighted by Gasteiger charge is -2.08. The molecule has 0 atom stereocenters. The Bertz CT molecular complexity index is 1030. The van der Waals surface area contributed by atoms with Gasteiger partial charge in [-0.3, -0.25) is 20.4 Å². The van der Waals surface area contributed by atoms with Crippen molar-refractivity contribution in [2.24, 2.45) is 0 Å². The van der Waals surface area contributed by atoms with Crippen LogP contribution in [-0.4, -0.2) is 31.0 Å². The van der Waals surface area contributed by atoms with Crippen LogP contribution in [0.15, 0.2) is 47.8 Å². The van der Waals surface area contributed by atoms with E-state index in [9.17, 15) is 9.59 Å². The van der Waals surface area contributed by atoms with Gasteiger partial charge in [-0.05, 0) is 36.8 Å². The van der Waals surface area contributed by atoms with Crippen LogP contribution in [0.4, 0.5) is 0 Å². The minimum absolute atomic E-state index is 0.0534. The summed E-state index contributed by atoms with van der Waals surface area (Å²) in [4.78, 5) is 28.8. The summed E-state index contributed by atoms with van der Waals surface area (Å²) in [5.74, 6) is 0.534. The first-order valence-corrected chi connectivity index (χ1v) is 9.71. The summed E-state index contributed by atoms with van der Waals surface area (Å²) in [5, 5.41) is 2.58. The summed E-state index contributed by atoms with van der Waals surface area (Å²) in [6, 6.07) is 12.7. The minimum atomic E-state index is -0.360. The number of amides is 2. The number of hydrogen-bond acceptors (Lipinski definition) is 6. The Morgan fingerprint density at radius 1 is 1.03 bits per heavy atom. The van der Waals surface area contributed by atoms with E-state index in [0.29, 0.717) is 22.8 Å². The lowest BCUT2D eigenvalue weighted by Crippen LogP contribution is -2.42. The van der Waals surface area contributed by atoms with Crippen molar-refractivity contribution in [2.45, 2.75) is 13.3 Å². The number of rotatable bonds is 6. The molecule has 0 saturated carbocycles. The summed E-state index contributed by atoms with van der Waals surface area (Å²) >= 11 is 1.43. The first-order valence-electron chi connectivity index (χ1n) is 8.83. The van der Waals surface area contributed by atoms with Gasteiger partial charge in [0.25, 0.3) is 5.91 Å². The number of hydrazine groups is 1. The molecule has 150 valence electrons. The van der Waals surface area contributed by atoms with Gasteiger partial charge in [0.1, 0.15) is 5.01 Å². The summed E-state index contributed by atoms with van der Waals surface area (Å²) in [6.45, 7) is 1.84. The zero-order chi connectivity index (χ0) is 20.8. The molecule has 2 N–H and O–H groups in total. The number of aryl methyl sites for hydroxylation is 1. The van der Waals surface area contributed by atoms with Gasteiger partial charge in [-0.2, -0.15) is 0 Å². The number of benzene rings is 2. The lowest BCUT2D eigenvalue weighted by atomic mass is 10.1. The maximum absolute atomic E-state index is 12.2. The van der Waals surface area contributed by atoms with E-state index in [0.717, 1.165) is 16.1 Å². The second-order valence-electron chi connectivity index (χ2n) is 6.21. The van der Waals surface area contributed by atoms with E-state index in [2.05, 4.69) is 15.8 Å². The van der Waals surface area contributed by atoms with E-state index < -0.39 is 0 Å². The SMILES string of the molecule is COc1ccc(-c2nc(CC(=O)NNC(=O)c3ccccc3C)cs2)cc1OC. The molecule has 2 aromatic carbocycles. The van der Waals surface area contributed by atoms with Crippen LogP contribution in [0.25, 0.3) is 10.6 Å². The van der Waals surface area contributed by atoms with Crippen LogP contribution in [0.3, 0.4) is 0 Å². The Hall–Kier alpha value is -3.39. The molecule has 0 fully saturated rings. The van der Waals surface area contributed by atoms with E-state index in [1.54, 1.807) is 26.4 Å². The van der Waals surface area contributed by atoms with Crippen molar-refractivity contribution in [3.63, 3.8) is 0 Å². The molecule has 8 heteroatoms. The molecule has 0 spiro atoms. The second kappa shape index (κ2) is 9.20. The van der Waals surface area contributed by atoms with Crippen LogP contribution >= 0.6 is 11.3 Å². The highest BCUT2D eigenvalue weighted by Gasteiger charge is 2.13. The normalized spacial score (nSPS) is 10.3. The Morgan fingerprint density at radius 3 is 2.52 bits per heavy atom. The van der Waals surface area contributed by atoms with E-state index >= 15 is 0 Å². The van der Waals surface area contributed by atoms with Crippen molar-refractivity contribution in [3.05, 3.63) is 64.7 Å². The molecule has 3 aromatic rings. The smallest absolute Gasteiger partial charge is 0.269 e. The Labute approximate surface area is 172 Å². The van der Waals surface area contributed by atoms with Gasteiger partial charge in [-0.1, -0.05) is 18.2 Å². The third kappa shape index (κ3) is 4.91. The van der Waals surface area contributed by atoms with Crippen molar-refractivity contribution in [3.8, 4) is 22.1 Å². The molecular weight excluding hydrogens is 390 g/mol. The maximum atomic E-state index is 12.2. The average molecular weight is 411 g/mol. The summed E-state index contributed by atoms with van der Waals surface area (Å²) in [6.07, 6.45) is 0.0534. The van der Waals surface area contributed by atoms with Crippen LogP contribution in [0.2, 0.25) is 0 Å². The standard InChI is InChI=1S/C21H21N3O4S/c1-13-6-4-5-7-16(13)20(26)24-23-19(25)11-15-12-29-21(22-15)14-8-9-17(27-2)18(10-14)28-3/h4-10,12H,11H2,1-3H3,(H,23,25)(H,24,26). The molecule has 1 heterocycles. The molecule has 0 unspecified atom stereocenters. The third-order valence-electron chi connectivity index (χ3n) is 4.23. The van der Waals surface area contributed by atoms with E-state index in [1.807, 2.05) is 42.6 Å². The van der Waals surface area contributed by atoms with Gasteiger partial charge in [-0.15, -0.1) is 11.3 Å². The van der Waals surface area contributed by atoms with E-state index in [-0.39, 0.29) is 18.2 Å². The molecule has 29 heavy (non-hydrogen) atoms. The van der Waals surface area contributed by atoms with Crippen LogP contribution in [-0.2, 0) is 11.2 Å². The topological polar surface area (TPSA) is 89.5 Å². The fraction of sp³-hybridized carbons (Fsp3) is 0.190. The fourth-order valence-electron chi connectivity index (χ4n) is 2.72. The fourth-order valence-corrected chi connectivity index (χ4v) is 3.54. The van der Waals surface area contributed by atoms with Crippen molar-refractivity contribution >= 4 is 23.2 Å². The van der Waals surface area contributed by atoms with Gasteiger partial charge in [0.15, 0.2) is 11.5 Å². The Kier molecular flexibility index (Phi) is 6.46. The number of nitrogens with one attached hydrogen (secondary N) is 2. The predicted octanol–water partition coefficient (Wildman–Crippen LogP) is 3.14. The number of methoxy groups -OCH3 is 2. The van der Waals surface area contributed by atoms with Gasteiger partial charge in [0.05, 0.1) is 26.3 Å². The first kappa shape index (κ1) is 20.3. The first-order chi connectivity index (χ1) is 14.0. The monoisotopic (exact) mass is 411 g/mol. The van der Waals surface area contributed by atoms with Crippen molar-refractivity contribution < 1.29 is 19.1 Å². The van der Waals surface area contributed by atoms with E-state index in [1.165, 1.54) is 11.3 Å². The maximum Gasteiger partial charge on any atom is 0.269 e. The number of thiazole rings is 1. The van der Waals surface area contributed by atoms with E-state index in [4.69, 9.17) is 9.47 Å². The number of carbonyl (C=O) groups excluding carboxylic acids is 2. The van der Waals surface area contributed by atoms with Crippen molar-refractivity contribution in [1.82, 2.24) is 15.8 Å².